The quantitative estimate of drug-likeness (QED) is 0.708. The average molecular weight is 212 g/mol. The van der Waals surface area contributed by atoms with Crippen LogP contribution in [0.4, 0.5) is 0 Å². The van der Waals surface area contributed by atoms with Crippen molar-refractivity contribution in [3.8, 4) is 0 Å². The number of nitrogens with zero attached hydrogens (tertiary/aromatic N) is 3. The van der Waals surface area contributed by atoms with E-state index in [1.54, 1.807) is 0 Å². The van der Waals surface area contributed by atoms with Crippen LogP contribution in [0.2, 0.25) is 0 Å². The highest BCUT2D eigenvalue weighted by atomic mass is 35.5. The molecule has 1 aromatic rings. The van der Waals surface area contributed by atoms with Crippen molar-refractivity contribution in [2.75, 3.05) is 14.1 Å². The molecule has 0 aliphatic heterocycles. The maximum atomic E-state index is 5.47. The summed E-state index contributed by atoms with van der Waals surface area (Å²) in [5.41, 5.74) is 0. The van der Waals surface area contributed by atoms with Crippen molar-refractivity contribution < 1.29 is 4.52 Å². The standard InChI is InChI=1S/C6H10ClN3O.ClH/c1-10(2)4-5-8-6(3-7)11-9-5;/h3-4H2,1-2H3;1H. The Hall–Kier alpha value is -0.320. The number of hydrogen-bond donors (Lipinski definition) is 0. The molecule has 0 saturated heterocycles. The molecule has 1 heterocycles. The van der Waals surface area contributed by atoms with Gasteiger partial charge < -0.3 is 9.42 Å². The fourth-order valence-electron chi connectivity index (χ4n) is 0.691. The maximum Gasteiger partial charge on any atom is 0.241 e. The van der Waals surface area contributed by atoms with Crippen LogP contribution >= 0.6 is 24.0 Å². The smallest absolute Gasteiger partial charge is 0.241 e. The summed E-state index contributed by atoms with van der Waals surface area (Å²) in [6, 6.07) is 0. The van der Waals surface area contributed by atoms with Gasteiger partial charge in [-0.15, -0.1) is 24.0 Å². The minimum absolute atomic E-state index is 0. The van der Waals surface area contributed by atoms with E-state index < -0.39 is 0 Å². The number of hydrogen-bond acceptors (Lipinski definition) is 4. The maximum absolute atomic E-state index is 5.47. The molecular formula is C6H11Cl2N3O. The van der Waals surface area contributed by atoms with Crippen LogP contribution in [-0.2, 0) is 12.4 Å². The zero-order chi connectivity index (χ0) is 8.27. The molecule has 0 unspecified atom stereocenters. The Morgan fingerprint density at radius 2 is 2.17 bits per heavy atom. The summed E-state index contributed by atoms with van der Waals surface area (Å²) < 4.78 is 4.79. The Bertz CT molecular complexity index is 226. The molecule has 1 rings (SSSR count). The second-order valence-corrected chi connectivity index (χ2v) is 2.74. The first-order valence-electron chi connectivity index (χ1n) is 3.24. The Kier molecular flexibility index (Phi) is 5.20. The molecule has 0 atom stereocenters. The van der Waals surface area contributed by atoms with E-state index in [1.807, 2.05) is 19.0 Å². The Morgan fingerprint density at radius 3 is 2.58 bits per heavy atom. The van der Waals surface area contributed by atoms with Gasteiger partial charge in [-0.3, -0.25) is 0 Å². The fraction of sp³-hybridized carbons (Fsp3) is 0.667. The van der Waals surface area contributed by atoms with Crippen molar-refractivity contribution in [1.82, 2.24) is 15.0 Å². The summed E-state index contributed by atoms with van der Waals surface area (Å²) in [6.07, 6.45) is 0. The fourth-order valence-corrected chi connectivity index (χ4v) is 0.800. The van der Waals surface area contributed by atoms with Crippen LogP contribution in [0.1, 0.15) is 11.7 Å². The molecule has 0 fully saturated rings. The van der Waals surface area contributed by atoms with Gasteiger partial charge in [0.05, 0.1) is 6.54 Å². The van der Waals surface area contributed by atoms with Crippen molar-refractivity contribution in [1.29, 1.82) is 0 Å². The minimum atomic E-state index is 0. The Balaban J connectivity index is 0.00000121. The molecule has 0 amide bonds. The lowest BCUT2D eigenvalue weighted by Gasteiger charge is -2.02. The molecule has 0 N–H and O–H groups in total. The first-order valence-corrected chi connectivity index (χ1v) is 3.78. The lowest BCUT2D eigenvalue weighted by atomic mass is 10.5. The van der Waals surface area contributed by atoms with Gasteiger partial charge >= 0.3 is 0 Å². The topological polar surface area (TPSA) is 42.2 Å². The van der Waals surface area contributed by atoms with E-state index in [9.17, 15) is 0 Å². The van der Waals surface area contributed by atoms with E-state index in [2.05, 4.69) is 10.1 Å². The molecule has 0 bridgehead atoms. The van der Waals surface area contributed by atoms with Gasteiger partial charge in [0.25, 0.3) is 0 Å². The highest BCUT2D eigenvalue weighted by Crippen LogP contribution is 2.01. The van der Waals surface area contributed by atoms with E-state index >= 15 is 0 Å². The SMILES string of the molecule is CN(C)Cc1noc(CCl)n1.Cl. The van der Waals surface area contributed by atoms with Crippen LogP contribution in [0.25, 0.3) is 0 Å². The van der Waals surface area contributed by atoms with Crippen molar-refractivity contribution >= 4 is 24.0 Å². The van der Waals surface area contributed by atoms with E-state index in [1.165, 1.54) is 0 Å². The Morgan fingerprint density at radius 1 is 1.50 bits per heavy atom. The molecule has 0 radical (unpaired) electrons. The molecule has 0 saturated carbocycles. The third-order valence-electron chi connectivity index (χ3n) is 1.08. The number of halogens is 2. The van der Waals surface area contributed by atoms with Crippen LogP contribution in [-0.4, -0.2) is 29.1 Å². The third-order valence-corrected chi connectivity index (χ3v) is 1.31. The molecule has 1 aromatic heterocycles. The van der Waals surface area contributed by atoms with Crippen LogP contribution < -0.4 is 0 Å². The normalized spacial score (nSPS) is 10.0. The predicted molar refractivity (Wildman–Crippen MR) is 48.5 cm³/mol. The van der Waals surface area contributed by atoms with E-state index in [-0.39, 0.29) is 18.3 Å². The third kappa shape index (κ3) is 3.38. The van der Waals surface area contributed by atoms with E-state index in [4.69, 9.17) is 16.1 Å². The van der Waals surface area contributed by atoms with Gasteiger partial charge in [-0.1, -0.05) is 5.16 Å². The lowest BCUT2D eigenvalue weighted by molar-refractivity contribution is 0.354. The number of aromatic nitrogens is 2. The van der Waals surface area contributed by atoms with Gasteiger partial charge in [0.15, 0.2) is 5.82 Å². The summed E-state index contributed by atoms with van der Waals surface area (Å²) in [4.78, 5) is 5.98. The summed E-state index contributed by atoms with van der Waals surface area (Å²) in [6.45, 7) is 0.681. The number of alkyl halides is 1. The van der Waals surface area contributed by atoms with Crippen LogP contribution in [0.5, 0.6) is 0 Å². The van der Waals surface area contributed by atoms with Crippen molar-refractivity contribution in [2.45, 2.75) is 12.4 Å². The molecule has 0 aliphatic carbocycles. The predicted octanol–water partition coefficient (Wildman–Crippen LogP) is 1.29. The van der Waals surface area contributed by atoms with E-state index in [0.29, 0.717) is 18.3 Å². The average Bonchev–Trinajstić information content (AvgIpc) is 2.34. The van der Waals surface area contributed by atoms with Crippen molar-refractivity contribution in [2.24, 2.45) is 0 Å². The minimum Gasteiger partial charge on any atom is -0.338 e. The zero-order valence-corrected chi connectivity index (χ0v) is 8.52. The van der Waals surface area contributed by atoms with Crippen LogP contribution in [0.3, 0.4) is 0 Å². The van der Waals surface area contributed by atoms with Crippen LogP contribution in [0.15, 0.2) is 4.52 Å². The molecule has 0 spiro atoms. The molecular weight excluding hydrogens is 201 g/mol. The molecule has 0 aliphatic rings. The van der Waals surface area contributed by atoms with Gasteiger partial charge in [0, 0.05) is 0 Å². The van der Waals surface area contributed by atoms with E-state index in [0.717, 1.165) is 0 Å². The monoisotopic (exact) mass is 211 g/mol. The summed E-state index contributed by atoms with van der Waals surface area (Å²) in [5.74, 6) is 1.43. The molecule has 4 nitrogen and oxygen atoms in total. The van der Waals surface area contributed by atoms with Gasteiger partial charge in [-0.2, -0.15) is 4.98 Å². The lowest BCUT2D eigenvalue weighted by Crippen LogP contribution is -2.11. The largest absolute Gasteiger partial charge is 0.338 e. The van der Waals surface area contributed by atoms with Crippen molar-refractivity contribution in [3.05, 3.63) is 11.7 Å². The summed E-state index contributed by atoms with van der Waals surface area (Å²) in [7, 11) is 3.88. The summed E-state index contributed by atoms with van der Waals surface area (Å²) >= 11 is 5.47. The van der Waals surface area contributed by atoms with Gasteiger partial charge in [-0.25, -0.2) is 0 Å². The molecule has 12 heavy (non-hydrogen) atoms. The van der Waals surface area contributed by atoms with Gasteiger partial charge in [0.2, 0.25) is 5.89 Å². The first-order chi connectivity index (χ1) is 5.22. The highest BCUT2D eigenvalue weighted by molar-refractivity contribution is 6.16. The van der Waals surface area contributed by atoms with Gasteiger partial charge in [-0.05, 0) is 14.1 Å². The van der Waals surface area contributed by atoms with Crippen molar-refractivity contribution in [3.63, 3.8) is 0 Å². The summed E-state index contributed by atoms with van der Waals surface area (Å²) in [5, 5.41) is 3.71. The number of rotatable bonds is 3. The second-order valence-electron chi connectivity index (χ2n) is 2.48. The molecule has 0 aromatic carbocycles. The van der Waals surface area contributed by atoms with Crippen LogP contribution in [0, 0.1) is 0 Å². The van der Waals surface area contributed by atoms with Gasteiger partial charge in [0.1, 0.15) is 5.88 Å². The Labute approximate surface area is 82.3 Å². The molecule has 6 heteroatoms. The zero-order valence-electron chi connectivity index (χ0n) is 6.95. The second kappa shape index (κ2) is 5.35. The molecule has 70 valence electrons. The highest BCUT2D eigenvalue weighted by Gasteiger charge is 2.04. The first kappa shape index (κ1) is 11.7.